The summed E-state index contributed by atoms with van der Waals surface area (Å²) in [5.41, 5.74) is 0.965. The van der Waals surface area contributed by atoms with E-state index in [1.165, 1.54) is 17.0 Å². The molecular weight excluding hydrogens is 232 g/mol. The van der Waals surface area contributed by atoms with Gasteiger partial charge in [-0.2, -0.15) is 0 Å². The number of carbonyl (C=O) groups is 2. The van der Waals surface area contributed by atoms with Crippen LogP contribution in [0.3, 0.4) is 0 Å². The normalized spacial score (nSPS) is 22.8. The van der Waals surface area contributed by atoms with Gasteiger partial charge in [0.1, 0.15) is 11.8 Å². The number of anilines is 1. The van der Waals surface area contributed by atoms with Gasteiger partial charge in [-0.25, -0.2) is 0 Å². The third-order valence-corrected chi connectivity index (χ3v) is 3.70. The number of likely N-dealkylation sites (N-methyl/N-ethyl adjacent to an activating group) is 1. The first-order chi connectivity index (χ1) is 8.59. The summed E-state index contributed by atoms with van der Waals surface area (Å²) < 4.78 is 0. The average Bonchev–Trinajstić information content (AvgIpc) is 2.82. The van der Waals surface area contributed by atoms with Crippen LogP contribution in [0.2, 0.25) is 0 Å². The number of aromatic hydroxyl groups is 1. The quantitative estimate of drug-likeness (QED) is 0.742. The largest absolute Gasteiger partial charge is 0.508 e. The number of amides is 2. The molecule has 0 bridgehead atoms. The maximum Gasteiger partial charge on any atom is 0.256 e. The Hall–Kier alpha value is -2.04. The number of hydrogen-bond acceptors (Lipinski definition) is 3. The first-order valence-electron chi connectivity index (χ1n) is 6.01. The summed E-state index contributed by atoms with van der Waals surface area (Å²) >= 11 is 0. The minimum absolute atomic E-state index is 0.0422. The zero-order valence-electron chi connectivity index (χ0n) is 10.1. The predicted octanol–water partition coefficient (Wildman–Crippen LogP) is 0.973. The molecule has 1 saturated heterocycles. The Bertz CT molecular complexity index is 541. The van der Waals surface area contributed by atoms with E-state index in [2.05, 4.69) is 0 Å². The second kappa shape index (κ2) is 3.73. The van der Waals surface area contributed by atoms with Gasteiger partial charge in [-0.15, -0.1) is 0 Å². The van der Waals surface area contributed by atoms with Crippen LogP contribution in [0.1, 0.15) is 23.2 Å². The zero-order valence-corrected chi connectivity index (χ0v) is 10.1. The SMILES string of the molecule is CN1C(=O)C2CCCN2C(=O)c2cc(O)ccc21. The Morgan fingerprint density at radius 1 is 1.33 bits per heavy atom. The van der Waals surface area contributed by atoms with Crippen LogP contribution >= 0.6 is 0 Å². The number of fused-ring (bicyclic) bond motifs is 2. The van der Waals surface area contributed by atoms with Gasteiger partial charge in [0.25, 0.3) is 5.91 Å². The van der Waals surface area contributed by atoms with E-state index in [4.69, 9.17) is 0 Å². The molecule has 1 atom stereocenters. The lowest BCUT2D eigenvalue weighted by molar-refractivity contribution is -0.121. The molecule has 1 fully saturated rings. The summed E-state index contributed by atoms with van der Waals surface area (Å²) in [6.45, 7) is 0.609. The molecule has 1 aromatic rings. The lowest BCUT2D eigenvalue weighted by atomic mass is 10.1. The van der Waals surface area contributed by atoms with Gasteiger partial charge < -0.3 is 14.9 Å². The van der Waals surface area contributed by atoms with Gasteiger partial charge in [0.2, 0.25) is 5.91 Å². The Morgan fingerprint density at radius 3 is 2.89 bits per heavy atom. The number of benzene rings is 1. The van der Waals surface area contributed by atoms with E-state index in [9.17, 15) is 14.7 Å². The highest BCUT2D eigenvalue weighted by Gasteiger charge is 2.40. The number of phenols is 1. The monoisotopic (exact) mass is 246 g/mol. The topological polar surface area (TPSA) is 60.9 Å². The maximum absolute atomic E-state index is 12.4. The Labute approximate surface area is 105 Å². The molecule has 5 nitrogen and oxygen atoms in total. The van der Waals surface area contributed by atoms with Crippen molar-refractivity contribution in [1.82, 2.24) is 4.90 Å². The zero-order chi connectivity index (χ0) is 12.9. The molecule has 2 aliphatic rings. The number of carbonyl (C=O) groups excluding carboxylic acids is 2. The van der Waals surface area contributed by atoms with Crippen molar-refractivity contribution in [3.8, 4) is 5.75 Å². The molecule has 0 aromatic heterocycles. The van der Waals surface area contributed by atoms with E-state index >= 15 is 0 Å². The van der Waals surface area contributed by atoms with E-state index in [0.29, 0.717) is 17.8 Å². The summed E-state index contributed by atoms with van der Waals surface area (Å²) in [6.07, 6.45) is 1.57. The first-order valence-corrected chi connectivity index (χ1v) is 6.01. The van der Waals surface area contributed by atoms with Gasteiger partial charge in [0, 0.05) is 13.6 Å². The molecule has 0 aliphatic carbocycles. The molecule has 5 heteroatoms. The van der Waals surface area contributed by atoms with Crippen LogP contribution in [0.4, 0.5) is 5.69 Å². The second-order valence-electron chi connectivity index (χ2n) is 4.76. The molecule has 3 rings (SSSR count). The summed E-state index contributed by atoms with van der Waals surface area (Å²) in [4.78, 5) is 27.8. The predicted molar refractivity (Wildman–Crippen MR) is 65.6 cm³/mol. The first kappa shape index (κ1) is 11.1. The highest BCUT2D eigenvalue weighted by molar-refractivity contribution is 6.11. The fourth-order valence-corrected chi connectivity index (χ4v) is 2.75. The molecule has 0 saturated carbocycles. The van der Waals surface area contributed by atoms with E-state index in [-0.39, 0.29) is 23.6 Å². The minimum atomic E-state index is -0.350. The van der Waals surface area contributed by atoms with Crippen molar-refractivity contribution in [1.29, 1.82) is 0 Å². The molecule has 0 radical (unpaired) electrons. The Kier molecular flexibility index (Phi) is 2.29. The summed E-state index contributed by atoms with van der Waals surface area (Å²) in [7, 11) is 1.67. The van der Waals surface area contributed by atoms with Crippen LogP contribution in [0.15, 0.2) is 18.2 Å². The molecule has 18 heavy (non-hydrogen) atoms. The van der Waals surface area contributed by atoms with Crippen LogP contribution in [-0.2, 0) is 4.79 Å². The summed E-state index contributed by atoms with van der Waals surface area (Å²) in [5.74, 6) is -0.174. The summed E-state index contributed by atoms with van der Waals surface area (Å²) in [5, 5.41) is 9.52. The summed E-state index contributed by atoms with van der Waals surface area (Å²) in [6, 6.07) is 4.19. The van der Waals surface area contributed by atoms with Gasteiger partial charge in [-0.1, -0.05) is 0 Å². The van der Waals surface area contributed by atoms with E-state index in [0.717, 1.165) is 12.8 Å². The maximum atomic E-state index is 12.4. The van der Waals surface area contributed by atoms with Crippen molar-refractivity contribution >= 4 is 17.5 Å². The van der Waals surface area contributed by atoms with Gasteiger partial charge in [0.15, 0.2) is 0 Å². The Balaban J connectivity index is 2.18. The van der Waals surface area contributed by atoms with Gasteiger partial charge in [-0.05, 0) is 31.0 Å². The van der Waals surface area contributed by atoms with Gasteiger partial charge in [0.05, 0.1) is 11.3 Å². The van der Waals surface area contributed by atoms with Crippen molar-refractivity contribution in [3.05, 3.63) is 23.8 Å². The van der Waals surface area contributed by atoms with Crippen LogP contribution in [-0.4, -0.2) is 41.5 Å². The lowest BCUT2D eigenvalue weighted by Gasteiger charge is -2.22. The highest BCUT2D eigenvalue weighted by atomic mass is 16.3. The molecule has 1 N–H and O–H groups in total. The third kappa shape index (κ3) is 1.40. The highest BCUT2D eigenvalue weighted by Crippen LogP contribution is 2.33. The molecular formula is C13H14N2O3. The average molecular weight is 246 g/mol. The second-order valence-corrected chi connectivity index (χ2v) is 4.76. The number of nitrogens with zero attached hydrogens (tertiary/aromatic N) is 2. The van der Waals surface area contributed by atoms with E-state index < -0.39 is 0 Å². The Morgan fingerprint density at radius 2 is 2.11 bits per heavy atom. The molecule has 2 aliphatic heterocycles. The fraction of sp³-hybridized carbons (Fsp3) is 0.385. The van der Waals surface area contributed by atoms with Crippen molar-refractivity contribution in [2.24, 2.45) is 0 Å². The molecule has 0 spiro atoms. The van der Waals surface area contributed by atoms with Crippen molar-refractivity contribution < 1.29 is 14.7 Å². The van der Waals surface area contributed by atoms with Crippen molar-refractivity contribution in [2.45, 2.75) is 18.9 Å². The van der Waals surface area contributed by atoms with Crippen LogP contribution in [0, 0.1) is 0 Å². The van der Waals surface area contributed by atoms with Gasteiger partial charge >= 0.3 is 0 Å². The van der Waals surface area contributed by atoms with Crippen LogP contribution in [0.25, 0.3) is 0 Å². The molecule has 94 valence electrons. The lowest BCUT2D eigenvalue weighted by Crippen LogP contribution is -2.43. The molecule has 2 heterocycles. The van der Waals surface area contributed by atoms with Crippen LogP contribution in [0.5, 0.6) is 5.75 Å². The molecule has 1 unspecified atom stereocenters. The van der Waals surface area contributed by atoms with E-state index in [1.54, 1.807) is 18.0 Å². The van der Waals surface area contributed by atoms with Crippen molar-refractivity contribution in [2.75, 3.05) is 18.5 Å². The van der Waals surface area contributed by atoms with E-state index in [1.807, 2.05) is 0 Å². The minimum Gasteiger partial charge on any atom is -0.508 e. The number of phenolic OH excluding ortho intramolecular Hbond substituents is 1. The molecule has 1 aromatic carbocycles. The standard InChI is InChI=1S/C13H14N2O3/c1-14-10-5-4-8(16)7-9(10)12(17)15-6-2-3-11(15)13(14)18/h4-5,7,11,16H,2-3,6H2,1H3. The fourth-order valence-electron chi connectivity index (χ4n) is 2.75. The number of hydrogen-bond donors (Lipinski definition) is 1. The van der Waals surface area contributed by atoms with Gasteiger partial charge in [-0.3, -0.25) is 9.59 Å². The van der Waals surface area contributed by atoms with Crippen molar-refractivity contribution in [3.63, 3.8) is 0 Å². The van der Waals surface area contributed by atoms with Crippen LogP contribution < -0.4 is 4.90 Å². The number of rotatable bonds is 0. The smallest absolute Gasteiger partial charge is 0.256 e. The third-order valence-electron chi connectivity index (χ3n) is 3.70. The molecule has 2 amide bonds.